The summed E-state index contributed by atoms with van der Waals surface area (Å²) in [4.78, 5) is 10.8. The maximum absolute atomic E-state index is 10.8. The van der Waals surface area contributed by atoms with Crippen LogP contribution in [0.25, 0.3) is 0 Å². The summed E-state index contributed by atoms with van der Waals surface area (Å²) >= 11 is 0. The maximum Gasteiger partial charge on any atom is 0.217 e. The number of halogens is 1. The molecule has 17 heavy (non-hydrogen) atoms. The molecule has 0 saturated heterocycles. The van der Waals surface area contributed by atoms with Crippen molar-refractivity contribution in [3.05, 3.63) is 0 Å². The molecule has 1 aliphatic rings. The molecule has 1 fully saturated rings. The molecule has 1 rings (SSSR count). The van der Waals surface area contributed by atoms with Gasteiger partial charge >= 0.3 is 0 Å². The highest BCUT2D eigenvalue weighted by atomic mass is 35.5. The van der Waals surface area contributed by atoms with Gasteiger partial charge in [0, 0.05) is 13.0 Å². The predicted octanol–water partition coefficient (Wildman–Crippen LogP) is 3.05. The van der Waals surface area contributed by atoms with Gasteiger partial charge in [0.2, 0.25) is 5.91 Å². The maximum atomic E-state index is 10.8. The van der Waals surface area contributed by atoms with Crippen molar-refractivity contribution in [2.24, 2.45) is 11.7 Å². The number of rotatable bonds is 7. The molecule has 0 radical (unpaired) electrons. The minimum absolute atomic E-state index is 0. The van der Waals surface area contributed by atoms with Crippen molar-refractivity contribution in [3.63, 3.8) is 0 Å². The van der Waals surface area contributed by atoms with Gasteiger partial charge in [-0.05, 0) is 38.0 Å². The lowest BCUT2D eigenvalue weighted by Crippen LogP contribution is -2.25. The smallest absolute Gasteiger partial charge is 0.217 e. The monoisotopic (exact) mass is 263 g/mol. The van der Waals surface area contributed by atoms with Crippen molar-refractivity contribution in [3.8, 4) is 0 Å². The molecule has 1 amide bonds. The first-order valence-corrected chi connectivity index (χ1v) is 6.62. The van der Waals surface area contributed by atoms with Crippen molar-refractivity contribution in [2.75, 3.05) is 6.61 Å². The number of hydrogen-bond donors (Lipinski definition) is 1. The summed E-state index contributed by atoms with van der Waals surface area (Å²) in [5, 5.41) is 0. The third-order valence-corrected chi connectivity index (χ3v) is 3.39. The van der Waals surface area contributed by atoms with Crippen LogP contribution in [-0.4, -0.2) is 18.6 Å². The Morgan fingerprint density at radius 1 is 1.24 bits per heavy atom. The lowest BCUT2D eigenvalue weighted by molar-refractivity contribution is -0.119. The van der Waals surface area contributed by atoms with Crippen LogP contribution in [0, 0.1) is 5.92 Å². The third-order valence-electron chi connectivity index (χ3n) is 3.39. The quantitative estimate of drug-likeness (QED) is 0.718. The van der Waals surface area contributed by atoms with Gasteiger partial charge in [0.05, 0.1) is 6.10 Å². The van der Waals surface area contributed by atoms with E-state index in [4.69, 9.17) is 10.5 Å². The molecule has 0 heterocycles. The normalized spacial score (nSPS) is 24.1. The minimum Gasteiger partial charge on any atom is -0.378 e. The van der Waals surface area contributed by atoms with Gasteiger partial charge in [-0.2, -0.15) is 0 Å². The van der Waals surface area contributed by atoms with Gasteiger partial charge in [0.1, 0.15) is 0 Å². The van der Waals surface area contributed by atoms with E-state index in [-0.39, 0.29) is 18.3 Å². The second kappa shape index (κ2) is 9.72. The van der Waals surface area contributed by atoms with E-state index < -0.39 is 0 Å². The molecule has 2 N–H and O–H groups in total. The minimum atomic E-state index is -0.160. The van der Waals surface area contributed by atoms with Crippen LogP contribution in [0.2, 0.25) is 0 Å². The Morgan fingerprint density at radius 3 is 2.41 bits per heavy atom. The fraction of sp³-hybridized carbons (Fsp3) is 0.923. The second-order valence-corrected chi connectivity index (χ2v) is 4.89. The Labute approximate surface area is 111 Å². The molecule has 0 aliphatic heterocycles. The summed E-state index contributed by atoms with van der Waals surface area (Å²) in [6, 6.07) is 0. The summed E-state index contributed by atoms with van der Waals surface area (Å²) < 4.78 is 5.82. The molecule has 4 heteroatoms. The van der Waals surface area contributed by atoms with Crippen LogP contribution in [0.1, 0.15) is 58.3 Å². The van der Waals surface area contributed by atoms with Crippen molar-refractivity contribution in [1.29, 1.82) is 0 Å². The van der Waals surface area contributed by atoms with Gasteiger partial charge in [-0.1, -0.05) is 19.8 Å². The molecular weight excluding hydrogens is 238 g/mol. The van der Waals surface area contributed by atoms with E-state index in [9.17, 15) is 4.79 Å². The number of hydrogen-bond acceptors (Lipinski definition) is 2. The molecule has 1 saturated carbocycles. The van der Waals surface area contributed by atoms with Crippen LogP contribution in [0.5, 0.6) is 0 Å². The molecular formula is C13H26ClNO2. The number of primary amides is 1. The largest absolute Gasteiger partial charge is 0.378 e. The molecule has 1 aliphatic carbocycles. The summed E-state index contributed by atoms with van der Waals surface area (Å²) in [5.41, 5.74) is 5.20. The van der Waals surface area contributed by atoms with Gasteiger partial charge in [-0.3, -0.25) is 4.79 Å². The average Bonchev–Trinajstić information content (AvgIpc) is 2.26. The highest BCUT2D eigenvalue weighted by Gasteiger charge is 2.22. The first-order valence-electron chi connectivity index (χ1n) is 6.62. The number of ether oxygens (including phenoxy) is 1. The average molecular weight is 264 g/mol. The molecule has 0 bridgehead atoms. The number of carbonyl (C=O) groups is 1. The summed E-state index contributed by atoms with van der Waals surface area (Å²) in [5.74, 6) is 0.348. The van der Waals surface area contributed by atoms with Crippen molar-refractivity contribution in [2.45, 2.75) is 64.4 Å². The van der Waals surface area contributed by atoms with E-state index in [1.807, 2.05) is 0 Å². The summed E-state index contributed by atoms with van der Waals surface area (Å²) in [6.07, 6.45) is 9.07. The van der Waals surface area contributed by atoms with Gasteiger partial charge < -0.3 is 10.5 Å². The molecule has 0 unspecified atom stereocenters. The van der Waals surface area contributed by atoms with Crippen molar-refractivity contribution < 1.29 is 9.53 Å². The van der Waals surface area contributed by atoms with E-state index in [1.165, 1.54) is 19.3 Å². The fourth-order valence-corrected chi connectivity index (χ4v) is 2.39. The number of carbonyl (C=O) groups excluding carboxylic acids is 1. The summed E-state index contributed by atoms with van der Waals surface area (Å²) in [7, 11) is 0. The van der Waals surface area contributed by atoms with Gasteiger partial charge in [0.15, 0.2) is 0 Å². The lowest BCUT2D eigenvalue weighted by atomic mass is 9.85. The number of unbranched alkanes of at least 4 members (excludes halogenated alkanes) is 2. The van der Waals surface area contributed by atoms with Crippen LogP contribution in [0.4, 0.5) is 0 Å². The van der Waals surface area contributed by atoms with Crippen molar-refractivity contribution in [1.82, 2.24) is 0 Å². The highest BCUT2D eigenvalue weighted by molar-refractivity contribution is 5.85. The molecule has 102 valence electrons. The summed E-state index contributed by atoms with van der Waals surface area (Å²) in [6.45, 7) is 3.11. The molecule has 0 spiro atoms. The zero-order valence-corrected chi connectivity index (χ0v) is 11.6. The topological polar surface area (TPSA) is 52.3 Å². The third kappa shape index (κ3) is 7.61. The molecule has 0 aromatic heterocycles. The zero-order chi connectivity index (χ0) is 11.8. The number of amides is 1. The predicted molar refractivity (Wildman–Crippen MR) is 72.3 cm³/mol. The first kappa shape index (κ1) is 16.7. The van der Waals surface area contributed by atoms with E-state index >= 15 is 0 Å². The Hall–Kier alpha value is -0.280. The molecule has 0 aromatic carbocycles. The van der Waals surface area contributed by atoms with Gasteiger partial charge in [-0.15, -0.1) is 12.4 Å². The fourth-order valence-electron chi connectivity index (χ4n) is 2.39. The SMILES string of the molecule is CCCCCOC1CCC(CC(N)=O)CC1.Cl. The lowest BCUT2D eigenvalue weighted by Gasteiger charge is -2.27. The Kier molecular flexibility index (Phi) is 9.56. The van der Waals surface area contributed by atoms with E-state index in [1.54, 1.807) is 0 Å². The van der Waals surface area contributed by atoms with Gasteiger partial charge in [-0.25, -0.2) is 0 Å². The van der Waals surface area contributed by atoms with E-state index in [0.29, 0.717) is 18.4 Å². The van der Waals surface area contributed by atoms with Crippen molar-refractivity contribution >= 4 is 18.3 Å². The van der Waals surface area contributed by atoms with E-state index in [0.717, 1.165) is 32.3 Å². The molecule has 3 nitrogen and oxygen atoms in total. The van der Waals surface area contributed by atoms with Crippen LogP contribution in [0.3, 0.4) is 0 Å². The van der Waals surface area contributed by atoms with E-state index in [2.05, 4.69) is 6.92 Å². The van der Waals surface area contributed by atoms with Crippen LogP contribution >= 0.6 is 12.4 Å². The van der Waals surface area contributed by atoms with Crippen LogP contribution < -0.4 is 5.73 Å². The molecule has 0 atom stereocenters. The van der Waals surface area contributed by atoms with Gasteiger partial charge in [0.25, 0.3) is 0 Å². The Bertz CT molecular complexity index is 204. The first-order chi connectivity index (χ1) is 7.72. The standard InChI is InChI=1S/C13H25NO2.ClH/c1-2-3-4-9-16-12-7-5-11(6-8-12)10-13(14)15;/h11-12H,2-10H2,1H3,(H2,14,15);1H. The Balaban J connectivity index is 0.00000256. The van der Waals surface area contributed by atoms with Crippen LogP contribution in [-0.2, 0) is 9.53 Å². The Morgan fingerprint density at radius 2 is 1.88 bits per heavy atom. The second-order valence-electron chi connectivity index (χ2n) is 4.89. The molecule has 0 aromatic rings. The zero-order valence-electron chi connectivity index (χ0n) is 10.8. The highest BCUT2D eigenvalue weighted by Crippen LogP contribution is 2.28. The van der Waals surface area contributed by atoms with Crippen LogP contribution in [0.15, 0.2) is 0 Å². The number of nitrogens with two attached hydrogens (primary N) is 1.